The van der Waals surface area contributed by atoms with Gasteiger partial charge in [0.25, 0.3) is 0 Å². The molecule has 22 heavy (non-hydrogen) atoms. The van der Waals surface area contributed by atoms with E-state index in [0.717, 1.165) is 21.7 Å². The molecule has 3 aromatic rings. The molecule has 0 saturated carbocycles. The summed E-state index contributed by atoms with van der Waals surface area (Å²) in [5, 5.41) is 10.5. The number of thiophene rings is 1. The van der Waals surface area contributed by atoms with E-state index in [9.17, 15) is 4.79 Å². The van der Waals surface area contributed by atoms with Crippen molar-refractivity contribution in [1.29, 1.82) is 0 Å². The Morgan fingerprint density at radius 3 is 2.77 bits per heavy atom. The lowest BCUT2D eigenvalue weighted by Gasteiger charge is -2.08. The van der Waals surface area contributed by atoms with Crippen LogP contribution in [0.2, 0.25) is 0 Å². The van der Waals surface area contributed by atoms with E-state index in [-0.39, 0.29) is 5.91 Å². The Labute approximate surface area is 132 Å². The molecule has 0 bridgehead atoms. The number of hydrogen-bond acceptors (Lipinski definition) is 5. The molecule has 0 aliphatic rings. The van der Waals surface area contributed by atoms with Crippen LogP contribution in [0.5, 0.6) is 0 Å². The first-order chi connectivity index (χ1) is 10.6. The molecule has 5 nitrogen and oxygen atoms in total. The summed E-state index contributed by atoms with van der Waals surface area (Å²) in [7, 11) is 0. The molecule has 3 rings (SSSR count). The number of carbonyl (C=O) groups is 1. The highest BCUT2D eigenvalue weighted by atomic mass is 32.1. The maximum Gasteiger partial charge on any atom is 0.247 e. The second-order valence-electron chi connectivity index (χ2n) is 5.01. The number of rotatable bonds is 4. The Morgan fingerprint density at radius 2 is 2.14 bits per heavy atom. The number of benzene rings is 1. The Kier molecular flexibility index (Phi) is 4.02. The van der Waals surface area contributed by atoms with E-state index in [1.165, 1.54) is 11.3 Å². The van der Waals surface area contributed by atoms with Gasteiger partial charge in [0.15, 0.2) is 0 Å². The quantitative estimate of drug-likeness (QED) is 0.799. The maximum atomic E-state index is 12.1. The van der Waals surface area contributed by atoms with E-state index in [0.29, 0.717) is 12.3 Å². The molecule has 2 aromatic heterocycles. The van der Waals surface area contributed by atoms with Gasteiger partial charge in [-0.3, -0.25) is 4.79 Å². The van der Waals surface area contributed by atoms with Gasteiger partial charge in [0.1, 0.15) is 0 Å². The molecule has 0 atom stereocenters. The summed E-state index contributed by atoms with van der Waals surface area (Å²) in [6.45, 7) is 3.97. The summed E-state index contributed by atoms with van der Waals surface area (Å²) in [5.74, 6) is 0.450. The molecular weight excluding hydrogens is 298 g/mol. The predicted octanol–water partition coefficient (Wildman–Crippen LogP) is 3.60. The molecule has 0 fully saturated rings. The van der Waals surface area contributed by atoms with Gasteiger partial charge in [0.2, 0.25) is 18.2 Å². The molecule has 1 amide bonds. The van der Waals surface area contributed by atoms with Gasteiger partial charge in [0, 0.05) is 21.0 Å². The van der Waals surface area contributed by atoms with Crippen LogP contribution in [-0.2, 0) is 11.2 Å². The summed E-state index contributed by atoms with van der Waals surface area (Å²) < 4.78 is 5.17. The molecule has 0 aliphatic heterocycles. The lowest BCUT2D eigenvalue weighted by molar-refractivity contribution is -0.115. The number of amides is 1. The van der Waals surface area contributed by atoms with E-state index in [2.05, 4.69) is 15.5 Å². The molecule has 0 spiro atoms. The second-order valence-corrected chi connectivity index (χ2v) is 6.38. The van der Waals surface area contributed by atoms with Crippen LogP contribution in [0.3, 0.4) is 0 Å². The van der Waals surface area contributed by atoms with Crippen molar-refractivity contribution in [2.45, 2.75) is 20.3 Å². The minimum Gasteiger partial charge on any atom is -0.423 e. The van der Waals surface area contributed by atoms with Crippen LogP contribution in [-0.4, -0.2) is 16.1 Å². The minimum atomic E-state index is -0.0181. The van der Waals surface area contributed by atoms with Gasteiger partial charge in [-0.1, -0.05) is 0 Å². The third-order valence-corrected chi connectivity index (χ3v) is 4.24. The summed E-state index contributed by atoms with van der Waals surface area (Å²) in [6.07, 6.45) is 1.69. The summed E-state index contributed by atoms with van der Waals surface area (Å²) in [4.78, 5) is 14.4. The number of nitrogens with one attached hydrogen (secondary N) is 1. The Hall–Kier alpha value is -2.47. The zero-order valence-corrected chi connectivity index (χ0v) is 13.1. The predicted molar refractivity (Wildman–Crippen MR) is 85.9 cm³/mol. The smallest absolute Gasteiger partial charge is 0.247 e. The zero-order chi connectivity index (χ0) is 15.5. The molecular formula is C16H15N3O2S. The van der Waals surface area contributed by atoms with Crippen molar-refractivity contribution in [3.8, 4) is 11.5 Å². The van der Waals surface area contributed by atoms with E-state index >= 15 is 0 Å². The average molecular weight is 313 g/mol. The Bertz CT molecular complexity index is 794. The number of aromatic nitrogens is 2. The fraction of sp³-hybridized carbons (Fsp3) is 0.188. The first-order valence-corrected chi connectivity index (χ1v) is 7.66. The van der Waals surface area contributed by atoms with Gasteiger partial charge in [-0.15, -0.1) is 21.5 Å². The van der Waals surface area contributed by atoms with Crippen LogP contribution >= 0.6 is 11.3 Å². The molecule has 2 heterocycles. The molecule has 112 valence electrons. The fourth-order valence-corrected chi connectivity index (χ4v) is 3.06. The fourth-order valence-electron chi connectivity index (χ4n) is 2.17. The summed E-state index contributed by atoms with van der Waals surface area (Å²) >= 11 is 1.64. The van der Waals surface area contributed by atoms with Gasteiger partial charge in [0.05, 0.1) is 6.42 Å². The first-order valence-electron chi connectivity index (χ1n) is 6.84. The van der Waals surface area contributed by atoms with Gasteiger partial charge in [-0.25, -0.2) is 0 Å². The highest BCUT2D eigenvalue weighted by Crippen LogP contribution is 2.23. The Morgan fingerprint density at radius 1 is 1.27 bits per heavy atom. The van der Waals surface area contributed by atoms with E-state index < -0.39 is 0 Å². The average Bonchev–Trinajstić information content (AvgIpc) is 3.13. The molecule has 1 aromatic carbocycles. The van der Waals surface area contributed by atoms with E-state index in [4.69, 9.17) is 4.42 Å². The van der Waals surface area contributed by atoms with Gasteiger partial charge in [-0.2, -0.15) is 0 Å². The van der Waals surface area contributed by atoms with Crippen molar-refractivity contribution < 1.29 is 9.21 Å². The first kappa shape index (κ1) is 14.5. The van der Waals surface area contributed by atoms with Crippen LogP contribution < -0.4 is 5.32 Å². The van der Waals surface area contributed by atoms with Crippen molar-refractivity contribution in [2.75, 3.05) is 5.32 Å². The van der Waals surface area contributed by atoms with Crippen molar-refractivity contribution >= 4 is 22.9 Å². The largest absolute Gasteiger partial charge is 0.423 e. The van der Waals surface area contributed by atoms with E-state index in [1.54, 1.807) is 11.3 Å². The van der Waals surface area contributed by atoms with Crippen molar-refractivity contribution in [2.24, 2.45) is 0 Å². The third-order valence-electron chi connectivity index (χ3n) is 3.24. The van der Waals surface area contributed by atoms with Gasteiger partial charge < -0.3 is 9.73 Å². The van der Waals surface area contributed by atoms with E-state index in [1.807, 2.05) is 44.2 Å². The monoisotopic (exact) mass is 313 g/mol. The molecule has 1 N–H and O–H groups in total. The highest BCUT2D eigenvalue weighted by molar-refractivity contribution is 7.12. The maximum absolute atomic E-state index is 12.1. The van der Waals surface area contributed by atoms with Crippen LogP contribution in [0, 0.1) is 13.8 Å². The summed E-state index contributed by atoms with van der Waals surface area (Å²) in [5.41, 5.74) is 2.58. The van der Waals surface area contributed by atoms with Crippen molar-refractivity contribution in [3.63, 3.8) is 0 Å². The number of anilines is 1. The number of nitrogens with zero attached hydrogens (tertiary/aromatic N) is 2. The second kappa shape index (κ2) is 6.11. The van der Waals surface area contributed by atoms with Gasteiger partial charge >= 0.3 is 0 Å². The Balaban J connectivity index is 1.71. The molecule has 0 aliphatic carbocycles. The molecule has 6 heteroatoms. The van der Waals surface area contributed by atoms with Crippen LogP contribution in [0.1, 0.15) is 15.3 Å². The van der Waals surface area contributed by atoms with Crippen LogP contribution in [0.4, 0.5) is 5.69 Å². The zero-order valence-electron chi connectivity index (χ0n) is 12.3. The number of aryl methyl sites for hydroxylation is 2. The number of carbonyl (C=O) groups excluding carboxylic acids is 1. The molecule has 0 radical (unpaired) electrons. The van der Waals surface area contributed by atoms with Crippen molar-refractivity contribution in [3.05, 3.63) is 52.0 Å². The molecule has 0 saturated heterocycles. The molecule has 0 unspecified atom stereocenters. The SMILES string of the molecule is Cc1ccc(CC(=O)Nc2ccc(-c3nnco3)cc2C)s1. The summed E-state index contributed by atoms with van der Waals surface area (Å²) in [6, 6.07) is 9.64. The minimum absolute atomic E-state index is 0.0181. The normalized spacial score (nSPS) is 10.6. The highest BCUT2D eigenvalue weighted by Gasteiger charge is 2.10. The van der Waals surface area contributed by atoms with Crippen LogP contribution in [0.25, 0.3) is 11.5 Å². The standard InChI is InChI=1S/C16H15N3O2S/c1-10-7-12(16-19-17-9-21-16)4-6-14(10)18-15(20)8-13-5-3-11(2)22-13/h3-7,9H,8H2,1-2H3,(H,18,20). The third kappa shape index (κ3) is 3.23. The lowest BCUT2D eigenvalue weighted by atomic mass is 10.1. The van der Waals surface area contributed by atoms with Crippen molar-refractivity contribution in [1.82, 2.24) is 10.2 Å². The van der Waals surface area contributed by atoms with Gasteiger partial charge in [-0.05, 0) is 49.7 Å². The topological polar surface area (TPSA) is 68.0 Å². The number of hydrogen-bond donors (Lipinski definition) is 1. The lowest BCUT2D eigenvalue weighted by Crippen LogP contribution is -2.14. The van der Waals surface area contributed by atoms with Crippen LogP contribution in [0.15, 0.2) is 41.1 Å².